The molecule has 0 radical (unpaired) electrons. The predicted molar refractivity (Wildman–Crippen MR) is 54.5 cm³/mol. The molecule has 0 amide bonds. The molecule has 1 aliphatic rings. The van der Waals surface area contributed by atoms with Crippen molar-refractivity contribution in [2.75, 3.05) is 0 Å². The fourth-order valence-electron chi connectivity index (χ4n) is 1.30. The van der Waals surface area contributed by atoms with Crippen LogP contribution in [-0.2, 0) is 9.59 Å². The van der Waals surface area contributed by atoms with E-state index in [1.54, 1.807) is 0 Å². The molecule has 0 fully saturated rings. The topological polar surface area (TPSA) is 104 Å². The smallest absolute Gasteiger partial charge is 0.201 e. The van der Waals surface area contributed by atoms with E-state index >= 15 is 0 Å². The van der Waals surface area contributed by atoms with E-state index in [1.165, 1.54) is 13.0 Å². The number of rotatable bonds is 1. The molecule has 0 atom stereocenters. The number of carbonyl (C=O) groups excluding carboxylic acids is 2. The second-order valence-electron chi connectivity index (χ2n) is 2.85. The fraction of sp³-hybridized carbons (Fsp3) is 0.100. The van der Waals surface area contributed by atoms with Crippen LogP contribution in [0.1, 0.15) is 6.92 Å². The molecule has 0 aliphatic heterocycles. The van der Waals surface area contributed by atoms with Crippen LogP contribution in [0.5, 0.6) is 0 Å². The van der Waals surface area contributed by atoms with Crippen LogP contribution >= 0.6 is 0 Å². The highest BCUT2D eigenvalue weighted by Crippen LogP contribution is 2.24. The highest BCUT2D eigenvalue weighted by Gasteiger charge is 2.33. The van der Waals surface area contributed by atoms with Crippen LogP contribution in [0.2, 0.25) is 0 Å². The van der Waals surface area contributed by atoms with E-state index in [0.29, 0.717) is 6.21 Å². The number of ketones is 2. The predicted octanol–water partition coefficient (Wildman–Crippen LogP) is 0.389. The molecule has 0 aromatic rings. The van der Waals surface area contributed by atoms with E-state index in [0.717, 1.165) is 6.20 Å². The number of nitrogens with one attached hydrogen (secondary N) is 1. The Morgan fingerprint density at radius 3 is 2.27 bits per heavy atom. The monoisotopic (exact) mass is 206 g/mol. The standard InChI is InChI=1S/C10H10N2O3/c1-2-5-8(13)6(3-11)10(15)7(4-12)9(5)14/h2-4,11,15H,12H2,1H3/b5-2+,7-4-,11-3?. The lowest BCUT2D eigenvalue weighted by Crippen LogP contribution is -2.26. The van der Waals surface area contributed by atoms with Gasteiger partial charge in [0.25, 0.3) is 0 Å². The number of hydrogen-bond donors (Lipinski definition) is 3. The van der Waals surface area contributed by atoms with Crippen LogP contribution < -0.4 is 5.73 Å². The second-order valence-corrected chi connectivity index (χ2v) is 2.85. The van der Waals surface area contributed by atoms with Gasteiger partial charge >= 0.3 is 0 Å². The molecule has 0 spiro atoms. The van der Waals surface area contributed by atoms with Crippen LogP contribution in [0.25, 0.3) is 0 Å². The molecule has 0 saturated heterocycles. The molecule has 0 aromatic carbocycles. The molecule has 0 bridgehead atoms. The van der Waals surface area contributed by atoms with Crippen molar-refractivity contribution in [1.82, 2.24) is 0 Å². The number of carbonyl (C=O) groups is 2. The van der Waals surface area contributed by atoms with Crippen LogP contribution in [0.15, 0.2) is 34.8 Å². The Morgan fingerprint density at radius 1 is 1.27 bits per heavy atom. The van der Waals surface area contributed by atoms with Gasteiger partial charge in [-0.15, -0.1) is 0 Å². The molecule has 0 heterocycles. The zero-order valence-electron chi connectivity index (χ0n) is 8.07. The number of allylic oxidation sites excluding steroid dienone is 4. The summed E-state index contributed by atoms with van der Waals surface area (Å²) in [4.78, 5) is 23.1. The Balaban J connectivity index is 3.53. The lowest BCUT2D eigenvalue weighted by molar-refractivity contribution is -0.118. The average Bonchev–Trinajstić information content (AvgIpc) is 2.19. The van der Waals surface area contributed by atoms with Gasteiger partial charge in [0.05, 0.1) is 16.7 Å². The summed E-state index contributed by atoms with van der Waals surface area (Å²) >= 11 is 0. The van der Waals surface area contributed by atoms with Crippen molar-refractivity contribution in [2.45, 2.75) is 6.92 Å². The SMILES string of the molecule is C/C=C1\C(=O)C(C=N)=C(O)/C(=C\N)C1=O. The minimum Gasteiger partial charge on any atom is -0.506 e. The normalized spacial score (nSPS) is 22.7. The summed E-state index contributed by atoms with van der Waals surface area (Å²) in [6, 6.07) is 0. The quantitative estimate of drug-likeness (QED) is 0.328. The van der Waals surface area contributed by atoms with Gasteiger partial charge in [0.15, 0.2) is 0 Å². The van der Waals surface area contributed by atoms with Crippen molar-refractivity contribution in [3.63, 3.8) is 0 Å². The summed E-state index contributed by atoms with van der Waals surface area (Å²) in [5.41, 5.74) is 4.72. The molecule has 5 nitrogen and oxygen atoms in total. The van der Waals surface area contributed by atoms with Crippen molar-refractivity contribution < 1.29 is 14.7 Å². The molecule has 1 rings (SSSR count). The zero-order chi connectivity index (χ0) is 11.6. The maximum atomic E-state index is 11.6. The van der Waals surface area contributed by atoms with Crippen molar-refractivity contribution in [2.24, 2.45) is 5.73 Å². The number of Topliss-reactive ketones (excluding diaryl/α,β-unsaturated/α-hetero) is 2. The summed E-state index contributed by atoms with van der Waals surface area (Å²) in [5.74, 6) is -1.80. The highest BCUT2D eigenvalue weighted by molar-refractivity contribution is 6.39. The first kappa shape index (κ1) is 10.9. The molecule has 5 heteroatoms. The van der Waals surface area contributed by atoms with Gasteiger partial charge in [-0.1, -0.05) is 6.08 Å². The first-order valence-electron chi connectivity index (χ1n) is 4.20. The third kappa shape index (κ3) is 1.48. The van der Waals surface area contributed by atoms with E-state index in [9.17, 15) is 14.7 Å². The Hall–Kier alpha value is -2.17. The first-order chi connectivity index (χ1) is 7.08. The highest BCUT2D eigenvalue weighted by atomic mass is 16.3. The summed E-state index contributed by atoms with van der Waals surface area (Å²) in [6.45, 7) is 1.53. The number of aliphatic hydroxyl groups is 1. The molecular formula is C10H10N2O3. The van der Waals surface area contributed by atoms with Crippen molar-refractivity contribution in [1.29, 1.82) is 5.41 Å². The number of hydrogen-bond acceptors (Lipinski definition) is 5. The van der Waals surface area contributed by atoms with Crippen LogP contribution in [0, 0.1) is 5.41 Å². The molecule has 78 valence electrons. The van der Waals surface area contributed by atoms with Gasteiger partial charge in [-0.05, 0) is 6.92 Å². The second kappa shape index (κ2) is 3.91. The van der Waals surface area contributed by atoms with Crippen molar-refractivity contribution in [3.8, 4) is 0 Å². The molecule has 4 N–H and O–H groups in total. The Labute approximate surface area is 86.1 Å². The minimum absolute atomic E-state index is 0.0806. The first-order valence-corrected chi connectivity index (χ1v) is 4.20. The van der Waals surface area contributed by atoms with E-state index in [4.69, 9.17) is 11.1 Å². The molecule has 0 aromatic heterocycles. The maximum absolute atomic E-state index is 11.6. The Kier molecular flexibility index (Phi) is 2.85. The maximum Gasteiger partial charge on any atom is 0.201 e. The molecule has 1 aliphatic carbocycles. The number of nitrogens with two attached hydrogens (primary N) is 1. The summed E-state index contributed by atoms with van der Waals surface area (Å²) in [5, 5.41) is 16.5. The van der Waals surface area contributed by atoms with Gasteiger partial charge < -0.3 is 16.2 Å². The van der Waals surface area contributed by atoms with Gasteiger partial charge in [0.2, 0.25) is 11.6 Å². The van der Waals surface area contributed by atoms with E-state index in [1.807, 2.05) is 0 Å². The molecule has 15 heavy (non-hydrogen) atoms. The largest absolute Gasteiger partial charge is 0.506 e. The van der Waals surface area contributed by atoms with E-state index in [2.05, 4.69) is 0 Å². The van der Waals surface area contributed by atoms with Gasteiger partial charge in [0, 0.05) is 12.4 Å². The van der Waals surface area contributed by atoms with E-state index < -0.39 is 17.3 Å². The van der Waals surface area contributed by atoms with Crippen LogP contribution in [0.3, 0.4) is 0 Å². The fourth-order valence-corrected chi connectivity index (χ4v) is 1.30. The zero-order valence-corrected chi connectivity index (χ0v) is 8.07. The van der Waals surface area contributed by atoms with Gasteiger partial charge in [-0.25, -0.2) is 0 Å². The van der Waals surface area contributed by atoms with Crippen molar-refractivity contribution in [3.05, 3.63) is 34.8 Å². The average molecular weight is 206 g/mol. The minimum atomic E-state index is -0.652. The van der Waals surface area contributed by atoms with Crippen molar-refractivity contribution >= 4 is 17.8 Å². The summed E-state index contributed by atoms with van der Waals surface area (Å²) in [7, 11) is 0. The summed E-state index contributed by atoms with van der Waals surface area (Å²) in [6.07, 6.45) is 2.97. The molecule has 0 unspecified atom stereocenters. The van der Waals surface area contributed by atoms with Gasteiger partial charge in [0.1, 0.15) is 5.76 Å². The van der Waals surface area contributed by atoms with Crippen LogP contribution in [-0.4, -0.2) is 22.9 Å². The third-order valence-corrected chi connectivity index (χ3v) is 2.09. The molecule has 0 saturated carbocycles. The molecular weight excluding hydrogens is 196 g/mol. The van der Waals surface area contributed by atoms with Gasteiger partial charge in [-0.3, -0.25) is 9.59 Å². The van der Waals surface area contributed by atoms with Gasteiger partial charge in [-0.2, -0.15) is 0 Å². The Bertz CT molecular complexity index is 442. The van der Waals surface area contributed by atoms with Crippen LogP contribution in [0.4, 0.5) is 0 Å². The number of aliphatic hydroxyl groups excluding tert-OH is 1. The Morgan fingerprint density at radius 2 is 1.87 bits per heavy atom. The third-order valence-electron chi connectivity index (χ3n) is 2.09. The summed E-state index contributed by atoms with van der Waals surface area (Å²) < 4.78 is 0. The lowest BCUT2D eigenvalue weighted by Gasteiger charge is -2.15. The lowest BCUT2D eigenvalue weighted by atomic mass is 9.87. The van der Waals surface area contributed by atoms with E-state index in [-0.39, 0.29) is 16.7 Å².